The Morgan fingerprint density at radius 3 is 2.58 bits per heavy atom. The molecule has 7 heteroatoms. The van der Waals surface area contributed by atoms with Crippen LogP contribution in [0.15, 0.2) is 59.6 Å². The minimum absolute atomic E-state index is 0.148. The fraction of sp³-hybridized carbons (Fsp3) is 0.105. The average Bonchev–Trinajstić information content (AvgIpc) is 2.65. The largest absolute Gasteiger partial charge is 0.325 e. The van der Waals surface area contributed by atoms with Gasteiger partial charge in [-0.15, -0.1) is 10.2 Å². The molecule has 0 saturated heterocycles. The molecule has 0 unspecified atom stereocenters. The number of nitrogens with zero attached hydrogens (tertiary/aromatic N) is 2. The van der Waals surface area contributed by atoms with Gasteiger partial charge in [-0.25, -0.2) is 4.39 Å². The van der Waals surface area contributed by atoms with E-state index in [2.05, 4.69) is 15.5 Å². The number of amides is 1. The van der Waals surface area contributed by atoms with Crippen LogP contribution in [0.1, 0.15) is 5.56 Å². The third-order valence-corrected chi connectivity index (χ3v) is 5.00. The highest BCUT2D eigenvalue weighted by Gasteiger charge is 2.09. The van der Waals surface area contributed by atoms with Gasteiger partial charge in [0.1, 0.15) is 10.8 Å². The molecule has 3 aromatic rings. The molecule has 132 valence electrons. The molecule has 1 aromatic heterocycles. The van der Waals surface area contributed by atoms with Gasteiger partial charge in [0.2, 0.25) is 5.91 Å². The number of carbonyl (C=O) groups is 1. The number of aromatic nitrogens is 2. The normalized spacial score (nSPS) is 10.6. The zero-order valence-electron chi connectivity index (χ0n) is 13.9. The molecule has 0 atom stereocenters. The number of carbonyl (C=O) groups excluding carboxylic acids is 1. The van der Waals surface area contributed by atoms with Crippen molar-refractivity contribution in [3.05, 3.63) is 71.0 Å². The van der Waals surface area contributed by atoms with E-state index in [1.54, 1.807) is 42.5 Å². The van der Waals surface area contributed by atoms with Crippen LogP contribution in [0.4, 0.5) is 10.1 Å². The van der Waals surface area contributed by atoms with E-state index in [0.29, 0.717) is 21.4 Å². The van der Waals surface area contributed by atoms with Crippen LogP contribution in [0.25, 0.3) is 11.3 Å². The molecule has 0 aliphatic rings. The molecule has 2 aromatic carbocycles. The summed E-state index contributed by atoms with van der Waals surface area (Å²) in [6, 6.07) is 15.0. The molecule has 1 amide bonds. The number of nitrogens with one attached hydrogen (secondary N) is 1. The Balaban J connectivity index is 1.58. The lowest BCUT2D eigenvalue weighted by atomic mass is 10.1. The highest BCUT2D eigenvalue weighted by molar-refractivity contribution is 7.99. The number of hydrogen-bond donors (Lipinski definition) is 1. The van der Waals surface area contributed by atoms with Crippen molar-refractivity contribution in [2.75, 3.05) is 11.1 Å². The van der Waals surface area contributed by atoms with Crippen LogP contribution < -0.4 is 5.32 Å². The summed E-state index contributed by atoms with van der Waals surface area (Å²) >= 11 is 7.33. The first-order chi connectivity index (χ1) is 12.5. The second-order valence-corrected chi connectivity index (χ2v) is 6.92. The monoisotopic (exact) mass is 387 g/mol. The van der Waals surface area contributed by atoms with E-state index < -0.39 is 0 Å². The van der Waals surface area contributed by atoms with Gasteiger partial charge >= 0.3 is 0 Å². The van der Waals surface area contributed by atoms with Crippen molar-refractivity contribution in [3.8, 4) is 11.3 Å². The van der Waals surface area contributed by atoms with Crippen molar-refractivity contribution >= 4 is 35.0 Å². The zero-order chi connectivity index (χ0) is 18.5. The van der Waals surface area contributed by atoms with Crippen molar-refractivity contribution in [2.24, 2.45) is 0 Å². The van der Waals surface area contributed by atoms with Gasteiger partial charge in [-0.1, -0.05) is 29.4 Å². The summed E-state index contributed by atoms with van der Waals surface area (Å²) in [4.78, 5) is 12.1. The third-order valence-electron chi connectivity index (χ3n) is 3.67. The second-order valence-electron chi connectivity index (χ2n) is 5.51. The van der Waals surface area contributed by atoms with E-state index in [4.69, 9.17) is 11.6 Å². The van der Waals surface area contributed by atoms with Gasteiger partial charge in [0, 0.05) is 16.3 Å². The molecule has 0 fully saturated rings. The van der Waals surface area contributed by atoms with Crippen molar-refractivity contribution in [2.45, 2.75) is 11.9 Å². The maximum absolute atomic E-state index is 13.0. The van der Waals surface area contributed by atoms with Gasteiger partial charge in [0.05, 0.1) is 11.4 Å². The van der Waals surface area contributed by atoms with Crippen LogP contribution in [0.2, 0.25) is 5.02 Å². The van der Waals surface area contributed by atoms with Crippen LogP contribution in [-0.4, -0.2) is 21.9 Å². The Labute approximate surface area is 159 Å². The molecule has 4 nitrogen and oxygen atoms in total. The number of benzene rings is 2. The number of anilines is 1. The minimum atomic E-state index is -0.296. The summed E-state index contributed by atoms with van der Waals surface area (Å²) in [5, 5.41) is 12.3. The Morgan fingerprint density at radius 1 is 1.12 bits per heavy atom. The molecule has 0 aliphatic carbocycles. The van der Waals surface area contributed by atoms with Gasteiger partial charge in [-0.2, -0.15) is 0 Å². The molecule has 0 aliphatic heterocycles. The van der Waals surface area contributed by atoms with Gasteiger partial charge in [0.15, 0.2) is 0 Å². The molecular formula is C19H15ClFN3OS. The molecule has 0 spiro atoms. The fourth-order valence-corrected chi connectivity index (χ4v) is 3.03. The number of rotatable bonds is 5. The first kappa shape index (κ1) is 18.4. The third kappa shape index (κ3) is 4.59. The quantitative estimate of drug-likeness (QED) is 0.627. The van der Waals surface area contributed by atoms with E-state index in [9.17, 15) is 9.18 Å². The van der Waals surface area contributed by atoms with Crippen molar-refractivity contribution < 1.29 is 9.18 Å². The smallest absolute Gasteiger partial charge is 0.234 e. The highest BCUT2D eigenvalue weighted by Crippen LogP contribution is 2.24. The van der Waals surface area contributed by atoms with E-state index in [0.717, 1.165) is 11.1 Å². The topological polar surface area (TPSA) is 54.9 Å². The number of thioether (sulfide) groups is 1. The first-order valence-corrected chi connectivity index (χ1v) is 9.17. The lowest BCUT2D eigenvalue weighted by Crippen LogP contribution is -2.15. The first-order valence-electron chi connectivity index (χ1n) is 7.80. The number of hydrogen-bond acceptors (Lipinski definition) is 4. The van der Waals surface area contributed by atoms with Crippen LogP contribution >= 0.6 is 23.4 Å². The minimum Gasteiger partial charge on any atom is -0.325 e. The SMILES string of the molecule is Cc1c(Cl)cccc1NC(=O)CSc1ccc(-c2ccc(F)cc2)nn1. The average molecular weight is 388 g/mol. The second kappa shape index (κ2) is 8.29. The van der Waals surface area contributed by atoms with Crippen LogP contribution in [0, 0.1) is 12.7 Å². The van der Waals surface area contributed by atoms with Crippen molar-refractivity contribution in [1.82, 2.24) is 10.2 Å². The molecule has 0 bridgehead atoms. The van der Waals surface area contributed by atoms with Crippen LogP contribution in [0.3, 0.4) is 0 Å². The Kier molecular flexibility index (Phi) is 5.85. The predicted octanol–water partition coefficient (Wildman–Crippen LogP) is 4.98. The molecular weight excluding hydrogens is 373 g/mol. The Hall–Kier alpha value is -2.44. The summed E-state index contributed by atoms with van der Waals surface area (Å²) in [5.74, 6) is -0.240. The van der Waals surface area contributed by atoms with E-state index >= 15 is 0 Å². The van der Waals surface area contributed by atoms with E-state index in [-0.39, 0.29) is 17.5 Å². The molecule has 1 N–H and O–H groups in total. The zero-order valence-corrected chi connectivity index (χ0v) is 15.4. The molecule has 0 saturated carbocycles. The maximum Gasteiger partial charge on any atom is 0.234 e. The van der Waals surface area contributed by atoms with Gasteiger partial charge < -0.3 is 5.32 Å². The summed E-state index contributed by atoms with van der Waals surface area (Å²) in [6.07, 6.45) is 0. The van der Waals surface area contributed by atoms with Crippen molar-refractivity contribution in [3.63, 3.8) is 0 Å². The summed E-state index contributed by atoms with van der Waals surface area (Å²) in [5.41, 5.74) is 2.95. The molecule has 26 heavy (non-hydrogen) atoms. The molecule has 1 heterocycles. The summed E-state index contributed by atoms with van der Waals surface area (Å²) in [6.45, 7) is 1.85. The van der Waals surface area contributed by atoms with Crippen LogP contribution in [0.5, 0.6) is 0 Å². The summed E-state index contributed by atoms with van der Waals surface area (Å²) in [7, 11) is 0. The van der Waals surface area contributed by atoms with Crippen LogP contribution in [-0.2, 0) is 4.79 Å². The lowest BCUT2D eigenvalue weighted by molar-refractivity contribution is -0.113. The van der Waals surface area contributed by atoms with E-state index in [1.165, 1.54) is 23.9 Å². The van der Waals surface area contributed by atoms with E-state index in [1.807, 2.05) is 6.92 Å². The maximum atomic E-state index is 13.0. The Bertz CT molecular complexity index is 917. The fourth-order valence-electron chi connectivity index (χ4n) is 2.24. The lowest BCUT2D eigenvalue weighted by Gasteiger charge is -2.09. The predicted molar refractivity (Wildman–Crippen MR) is 103 cm³/mol. The van der Waals surface area contributed by atoms with Crippen molar-refractivity contribution in [1.29, 1.82) is 0 Å². The Morgan fingerprint density at radius 2 is 1.88 bits per heavy atom. The summed E-state index contributed by atoms with van der Waals surface area (Å²) < 4.78 is 13.0. The highest BCUT2D eigenvalue weighted by atomic mass is 35.5. The number of halogens is 2. The molecule has 0 radical (unpaired) electrons. The molecule has 3 rings (SSSR count). The van der Waals surface area contributed by atoms with Gasteiger partial charge in [-0.05, 0) is 61.0 Å². The van der Waals surface area contributed by atoms with Gasteiger partial charge in [0.25, 0.3) is 0 Å². The van der Waals surface area contributed by atoms with Gasteiger partial charge in [-0.3, -0.25) is 4.79 Å². The standard InChI is InChI=1S/C19H15ClFN3OS/c1-12-15(20)3-2-4-16(12)22-18(25)11-26-19-10-9-17(23-24-19)13-5-7-14(21)8-6-13/h2-10H,11H2,1H3,(H,22,25).